The minimum absolute atomic E-state index is 0. The first-order chi connectivity index (χ1) is 1.00. The SMILES string of the molecule is O.[B]=O.[Zn]. The molecule has 0 heterocycles. The van der Waals surface area contributed by atoms with E-state index in [1.807, 2.05) is 0 Å². The molecule has 19 valence electrons. The van der Waals surface area contributed by atoms with Gasteiger partial charge in [-0.1, -0.05) is 0 Å². The third kappa shape index (κ3) is 25.6. The molecule has 0 atom stereocenters. The van der Waals surface area contributed by atoms with Crippen LogP contribution in [-0.2, 0) is 24.2 Å². The summed E-state index contributed by atoms with van der Waals surface area (Å²) < 4.78 is 7.75. The average Bonchev–Trinajstić information content (AvgIpc) is 1.00. The topological polar surface area (TPSA) is 48.6 Å². The normalized spacial score (nSPS) is 0.750. The van der Waals surface area contributed by atoms with Crippen LogP contribution in [0.4, 0.5) is 0 Å². The van der Waals surface area contributed by atoms with Crippen molar-refractivity contribution in [2.45, 2.75) is 0 Å². The smallest absolute Gasteiger partial charge is 0 e. The van der Waals surface area contributed by atoms with Crippen molar-refractivity contribution in [3.8, 4) is 0 Å². The second-order valence-electron chi connectivity index (χ2n) is 0. The van der Waals surface area contributed by atoms with Gasteiger partial charge in [-0.25, -0.2) is 0 Å². The summed E-state index contributed by atoms with van der Waals surface area (Å²) in [7, 11) is 3.25. The van der Waals surface area contributed by atoms with E-state index in [-0.39, 0.29) is 25.0 Å². The summed E-state index contributed by atoms with van der Waals surface area (Å²) in [5, 5.41) is 0. The van der Waals surface area contributed by atoms with Gasteiger partial charge < -0.3 is 5.48 Å². The second-order valence-corrected chi connectivity index (χ2v) is 0. The van der Waals surface area contributed by atoms with Crippen LogP contribution in [0.2, 0.25) is 0 Å². The Morgan fingerprint density at radius 2 is 1.25 bits per heavy atom. The van der Waals surface area contributed by atoms with E-state index < -0.39 is 0 Å². The molecular weight excluding hydrogens is 108 g/mol. The predicted molar refractivity (Wildman–Crippen MR) is 10.1 cm³/mol. The molecule has 0 rings (SSSR count). The second kappa shape index (κ2) is 103. The summed E-state index contributed by atoms with van der Waals surface area (Å²) in [6.45, 7) is 0. The van der Waals surface area contributed by atoms with E-state index in [2.05, 4.69) is 7.72 Å². The van der Waals surface area contributed by atoms with Crippen molar-refractivity contribution >= 4 is 7.72 Å². The monoisotopic (exact) mass is 109 g/mol. The first-order valence-corrected chi connectivity index (χ1v) is 0.236. The van der Waals surface area contributed by atoms with Crippen LogP contribution in [0.25, 0.3) is 0 Å². The third-order valence-electron chi connectivity index (χ3n) is 0. The molecule has 4 heavy (non-hydrogen) atoms. The molecule has 1 radical (unpaired) electrons. The van der Waals surface area contributed by atoms with Gasteiger partial charge in [-0.05, 0) is 0 Å². The molecule has 4 heteroatoms. The summed E-state index contributed by atoms with van der Waals surface area (Å²) in [5.41, 5.74) is 0. The third-order valence-corrected chi connectivity index (χ3v) is 0. The van der Waals surface area contributed by atoms with Gasteiger partial charge in [0, 0.05) is 19.5 Å². The molecular formula is H2BO2Zn. The molecule has 0 amide bonds. The van der Waals surface area contributed by atoms with Crippen LogP contribution < -0.4 is 0 Å². The maximum Gasteiger partial charge on any atom is 0 e. The Morgan fingerprint density at radius 1 is 1.25 bits per heavy atom. The van der Waals surface area contributed by atoms with Crippen LogP contribution in [-0.4, -0.2) is 13.2 Å². The molecule has 0 aromatic heterocycles. The zero-order valence-electron chi connectivity index (χ0n) is 2.19. The number of rotatable bonds is 0. The summed E-state index contributed by atoms with van der Waals surface area (Å²) in [6.07, 6.45) is 0. The molecule has 0 aromatic carbocycles. The largest absolute Gasteiger partial charge is 0 e. The van der Waals surface area contributed by atoms with Gasteiger partial charge in [0.2, 0.25) is 0 Å². The Kier molecular flexibility index (Phi) is 648. The van der Waals surface area contributed by atoms with Crippen molar-refractivity contribution < 1.29 is 29.7 Å². The first kappa shape index (κ1) is 25.2. The van der Waals surface area contributed by atoms with Gasteiger partial charge in [0.25, 0.3) is 0 Å². The molecule has 0 aliphatic carbocycles. The fraction of sp³-hybridized carbons (Fsp3) is 0. The van der Waals surface area contributed by atoms with Crippen LogP contribution in [0.3, 0.4) is 0 Å². The van der Waals surface area contributed by atoms with E-state index in [4.69, 9.17) is 4.70 Å². The molecule has 2 N–H and O–H groups in total. The van der Waals surface area contributed by atoms with Gasteiger partial charge >= 0.3 is 12.4 Å². The predicted octanol–water partition coefficient (Wildman–Crippen LogP) is -1.33. The Hall–Kier alpha value is 0.448. The summed E-state index contributed by atoms with van der Waals surface area (Å²) in [4.78, 5) is 0. The van der Waals surface area contributed by atoms with Gasteiger partial charge in [-0.3, -0.25) is 0 Å². The quantitative estimate of drug-likeness (QED) is 0.356. The Morgan fingerprint density at radius 3 is 1.25 bits per heavy atom. The minimum atomic E-state index is 0. The van der Waals surface area contributed by atoms with E-state index in [1.54, 1.807) is 0 Å². The van der Waals surface area contributed by atoms with Crippen molar-refractivity contribution in [3.63, 3.8) is 0 Å². The molecule has 0 spiro atoms. The minimum Gasteiger partial charge on any atom is 0 e. The van der Waals surface area contributed by atoms with E-state index in [1.165, 1.54) is 0 Å². The van der Waals surface area contributed by atoms with Crippen molar-refractivity contribution in [2.75, 3.05) is 0 Å². The maximum atomic E-state index is 7.75. The molecule has 2 nitrogen and oxygen atoms in total. The standard InChI is InChI=1S/BO.H2O.Zn/c1-2;;/h;1H2;. The summed E-state index contributed by atoms with van der Waals surface area (Å²) in [5.74, 6) is 0. The maximum absolute atomic E-state index is 7.75. The summed E-state index contributed by atoms with van der Waals surface area (Å²) in [6, 6.07) is 0. The van der Waals surface area contributed by atoms with Gasteiger partial charge in [-0.15, -0.1) is 0 Å². The average molecular weight is 110 g/mol. The van der Waals surface area contributed by atoms with Crippen LogP contribution in [0.1, 0.15) is 0 Å². The van der Waals surface area contributed by atoms with Gasteiger partial charge in [0.05, 0.1) is 0 Å². The van der Waals surface area contributed by atoms with Crippen molar-refractivity contribution in [1.29, 1.82) is 0 Å². The molecule has 0 aromatic rings. The molecule has 0 aliphatic rings. The fourth-order valence-electron chi connectivity index (χ4n) is 0. The van der Waals surface area contributed by atoms with Crippen molar-refractivity contribution in [2.24, 2.45) is 0 Å². The molecule has 0 unspecified atom stereocenters. The molecule has 0 aliphatic heterocycles. The Labute approximate surface area is 38.1 Å². The molecule has 0 fully saturated rings. The van der Waals surface area contributed by atoms with E-state index in [9.17, 15) is 0 Å². The van der Waals surface area contributed by atoms with Crippen molar-refractivity contribution in [1.82, 2.24) is 0 Å². The number of hydrogen-bond donors (Lipinski definition) is 0. The zero-order valence-corrected chi connectivity index (χ0v) is 5.16. The fourth-order valence-corrected chi connectivity index (χ4v) is 0. The Balaban J connectivity index is -0.00000000500. The summed E-state index contributed by atoms with van der Waals surface area (Å²) >= 11 is 0. The van der Waals surface area contributed by atoms with E-state index in [0.717, 1.165) is 0 Å². The zero-order chi connectivity index (χ0) is 2.00. The van der Waals surface area contributed by atoms with Crippen LogP contribution >= 0.6 is 0 Å². The molecule has 0 saturated heterocycles. The molecule has 0 bridgehead atoms. The first-order valence-electron chi connectivity index (χ1n) is 0.236. The van der Waals surface area contributed by atoms with Crippen LogP contribution in [0, 0.1) is 0 Å². The van der Waals surface area contributed by atoms with Crippen molar-refractivity contribution in [3.05, 3.63) is 0 Å². The van der Waals surface area contributed by atoms with E-state index in [0.29, 0.717) is 0 Å². The van der Waals surface area contributed by atoms with Crippen LogP contribution in [0.15, 0.2) is 0 Å². The van der Waals surface area contributed by atoms with E-state index >= 15 is 0 Å². The van der Waals surface area contributed by atoms with Gasteiger partial charge in [0.15, 0.2) is 0 Å². The number of hydrogen-bond acceptors (Lipinski definition) is 1. The Bertz CT molecular complexity index is 6.00. The molecule has 0 saturated carbocycles. The van der Waals surface area contributed by atoms with Gasteiger partial charge in [0.1, 0.15) is 0 Å². The van der Waals surface area contributed by atoms with Crippen LogP contribution in [0.5, 0.6) is 0 Å². The van der Waals surface area contributed by atoms with Gasteiger partial charge in [-0.2, -0.15) is 0 Å².